The third-order valence-corrected chi connectivity index (χ3v) is 6.94. The molecule has 1 saturated heterocycles. The van der Waals surface area contributed by atoms with Crippen molar-refractivity contribution < 1.29 is 23.1 Å². The highest BCUT2D eigenvalue weighted by atomic mass is 35.5. The van der Waals surface area contributed by atoms with Gasteiger partial charge in [-0.05, 0) is 61.2 Å². The molecule has 30 heavy (non-hydrogen) atoms. The zero-order valence-electron chi connectivity index (χ0n) is 16.0. The van der Waals surface area contributed by atoms with Crippen LogP contribution in [0.5, 0.6) is 0 Å². The van der Waals surface area contributed by atoms with Crippen LogP contribution in [-0.4, -0.2) is 42.4 Å². The number of sulfonamides is 1. The molecule has 1 aliphatic heterocycles. The van der Waals surface area contributed by atoms with Gasteiger partial charge in [0.05, 0.1) is 4.90 Å². The lowest BCUT2D eigenvalue weighted by atomic mass is 10.1. The van der Waals surface area contributed by atoms with Crippen molar-refractivity contribution in [1.29, 1.82) is 0 Å². The van der Waals surface area contributed by atoms with Crippen molar-refractivity contribution in [3.05, 3.63) is 59.1 Å². The molecule has 0 aliphatic carbocycles. The van der Waals surface area contributed by atoms with Crippen molar-refractivity contribution in [1.82, 2.24) is 9.62 Å². The Balaban J connectivity index is 1.95. The number of anilines is 1. The summed E-state index contributed by atoms with van der Waals surface area (Å²) in [5.41, 5.74) is 0.992. The molecule has 2 aromatic rings. The second-order valence-corrected chi connectivity index (χ2v) is 9.26. The maximum atomic E-state index is 13.4. The van der Waals surface area contributed by atoms with Gasteiger partial charge in [-0.2, -0.15) is 4.31 Å². The van der Waals surface area contributed by atoms with E-state index in [0.29, 0.717) is 29.2 Å². The summed E-state index contributed by atoms with van der Waals surface area (Å²) in [6.07, 6.45) is 0.728. The molecular weight excluding hydrogens is 430 g/mol. The van der Waals surface area contributed by atoms with Gasteiger partial charge in [-0.3, -0.25) is 10.1 Å². The van der Waals surface area contributed by atoms with Crippen LogP contribution in [0.3, 0.4) is 0 Å². The van der Waals surface area contributed by atoms with Crippen molar-refractivity contribution >= 4 is 39.3 Å². The topological polar surface area (TPSA) is 116 Å². The van der Waals surface area contributed by atoms with Crippen LogP contribution in [0.1, 0.15) is 24.8 Å². The van der Waals surface area contributed by atoms with Crippen molar-refractivity contribution in [3.8, 4) is 0 Å². The zero-order chi connectivity index (χ0) is 21.7. The molecule has 10 heteroatoms. The quantitative estimate of drug-likeness (QED) is 0.623. The van der Waals surface area contributed by atoms with Gasteiger partial charge >= 0.3 is 6.09 Å². The van der Waals surface area contributed by atoms with Crippen LogP contribution in [0.2, 0.25) is 5.02 Å². The summed E-state index contributed by atoms with van der Waals surface area (Å²) in [6.45, 7) is 0.482. The second kappa shape index (κ2) is 9.46. The maximum Gasteiger partial charge on any atom is 0.409 e. The number of carbonyl (C=O) groups excluding carboxylic acids is 1. The van der Waals surface area contributed by atoms with Gasteiger partial charge in [-0.25, -0.2) is 13.2 Å². The van der Waals surface area contributed by atoms with E-state index in [1.54, 1.807) is 24.3 Å². The number of carboxylic acid groups (broad SMARTS) is 1. The standard InChI is InChI=1S/C20H22ClN3O5S/c21-15-6-10-17(11-7-15)30(28,29)24(18-3-1-2-12-22-19(18)25)13-14-4-8-16(9-5-14)23-20(26)27/h4-11,18,23H,1-3,12-13H2,(H,22,25)(H,26,27)/t18-/m1/s1. The van der Waals surface area contributed by atoms with Gasteiger partial charge in [0.1, 0.15) is 6.04 Å². The lowest BCUT2D eigenvalue weighted by molar-refractivity contribution is -0.124. The van der Waals surface area contributed by atoms with Crippen LogP contribution in [0.25, 0.3) is 0 Å². The maximum absolute atomic E-state index is 13.4. The minimum absolute atomic E-state index is 0.0314. The van der Waals surface area contributed by atoms with Crippen LogP contribution in [0.4, 0.5) is 10.5 Å². The Morgan fingerprint density at radius 3 is 2.43 bits per heavy atom. The van der Waals surface area contributed by atoms with Gasteiger partial charge in [0.15, 0.2) is 0 Å². The van der Waals surface area contributed by atoms with Crippen molar-refractivity contribution in [3.63, 3.8) is 0 Å². The van der Waals surface area contributed by atoms with Crippen molar-refractivity contribution in [2.45, 2.75) is 36.7 Å². The largest absolute Gasteiger partial charge is 0.465 e. The van der Waals surface area contributed by atoms with E-state index in [2.05, 4.69) is 10.6 Å². The fourth-order valence-corrected chi connectivity index (χ4v) is 5.03. The highest BCUT2D eigenvalue weighted by molar-refractivity contribution is 7.89. The molecule has 1 aliphatic rings. The van der Waals surface area contributed by atoms with E-state index >= 15 is 0 Å². The van der Waals surface area contributed by atoms with E-state index in [9.17, 15) is 18.0 Å². The van der Waals surface area contributed by atoms with Gasteiger partial charge in [0, 0.05) is 23.8 Å². The lowest BCUT2D eigenvalue weighted by Gasteiger charge is -2.29. The minimum atomic E-state index is -3.99. The summed E-state index contributed by atoms with van der Waals surface area (Å²) in [7, 11) is -3.99. The average molecular weight is 452 g/mol. The molecule has 0 unspecified atom stereocenters. The molecule has 1 fully saturated rings. The summed E-state index contributed by atoms with van der Waals surface area (Å²) in [5, 5.41) is 14.2. The first-order chi connectivity index (χ1) is 14.3. The number of nitrogens with one attached hydrogen (secondary N) is 2. The summed E-state index contributed by atoms with van der Waals surface area (Å²) in [5.74, 6) is -0.325. The predicted molar refractivity (Wildman–Crippen MR) is 113 cm³/mol. The normalized spacial score (nSPS) is 17.3. The highest BCUT2D eigenvalue weighted by Crippen LogP contribution is 2.26. The van der Waals surface area contributed by atoms with Crippen LogP contribution >= 0.6 is 11.6 Å². The Morgan fingerprint density at radius 2 is 1.80 bits per heavy atom. The first-order valence-electron chi connectivity index (χ1n) is 9.41. The third kappa shape index (κ3) is 5.29. The van der Waals surface area contributed by atoms with Gasteiger partial charge < -0.3 is 10.4 Å². The monoisotopic (exact) mass is 451 g/mol. The van der Waals surface area contributed by atoms with E-state index in [1.165, 1.54) is 28.6 Å². The molecule has 2 aromatic carbocycles. The van der Waals surface area contributed by atoms with E-state index in [0.717, 1.165) is 12.8 Å². The Labute approximate surface area is 179 Å². The number of rotatable bonds is 6. The van der Waals surface area contributed by atoms with E-state index in [1.807, 2.05) is 0 Å². The molecule has 3 N–H and O–H groups in total. The van der Waals surface area contributed by atoms with Gasteiger partial charge in [0.25, 0.3) is 0 Å². The summed E-state index contributed by atoms with van der Waals surface area (Å²) in [6, 6.07) is 11.3. The third-order valence-electron chi connectivity index (χ3n) is 4.82. The van der Waals surface area contributed by atoms with Gasteiger partial charge in [0.2, 0.25) is 15.9 Å². The number of nitrogens with zero attached hydrogens (tertiary/aromatic N) is 1. The van der Waals surface area contributed by atoms with Crippen LogP contribution in [0.15, 0.2) is 53.4 Å². The number of hydrogen-bond donors (Lipinski definition) is 3. The van der Waals surface area contributed by atoms with Crippen molar-refractivity contribution in [2.24, 2.45) is 0 Å². The molecule has 0 spiro atoms. The molecule has 0 radical (unpaired) electrons. The zero-order valence-corrected chi connectivity index (χ0v) is 17.6. The fourth-order valence-electron chi connectivity index (χ4n) is 3.30. The number of amides is 2. The number of carbonyl (C=O) groups is 2. The SMILES string of the molecule is O=C(O)Nc1ccc(CN([C@@H]2CCCCNC2=O)S(=O)(=O)c2ccc(Cl)cc2)cc1. The van der Waals surface area contributed by atoms with Gasteiger partial charge in [-0.15, -0.1) is 0 Å². The molecule has 3 rings (SSSR count). The minimum Gasteiger partial charge on any atom is -0.465 e. The molecular formula is C20H22ClN3O5S. The molecule has 1 atom stereocenters. The molecule has 160 valence electrons. The first-order valence-corrected chi connectivity index (χ1v) is 11.2. The van der Waals surface area contributed by atoms with E-state index in [-0.39, 0.29) is 17.3 Å². The van der Waals surface area contributed by atoms with Crippen LogP contribution < -0.4 is 10.6 Å². The second-order valence-electron chi connectivity index (χ2n) is 6.93. The van der Waals surface area contributed by atoms with E-state index in [4.69, 9.17) is 16.7 Å². The van der Waals surface area contributed by atoms with Crippen LogP contribution in [-0.2, 0) is 21.4 Å². The Kier molecular flexibility index (Phi) is 6.96. The molecule has 8 nitrogen and oxygen atoms in total. The molecule has 1 heterocycles. The smallest absolute Gasteiger partial charge is 0.409 e. The molecule has 0 aromatic heterocycles. The summed E-state index contributed by atoms with van der Waals surface area (Å²) < 4.78 is 28.1. The summed E-state index contributed by atoms with van der Waals surface area (Å²) in [4.78, 5) is 23.5. The molecule has 2 amide bonds. The molecule has 0 saturated carbocycles. The fraction of sp³-hybridized carbons (Fsp3) is 0.300. The van der Waals surface area contributed by atoms with E-state index < -0.39 is 22.2 Å². The number of halogens is 1. The summed E-state index contributed by atoms with van der Waals surface area (Å²) >= 11 is 5.90. The van der Waals surface area contributed by atoms with Crippen molar-refractivity contribution in [2.75, 3.05) is 11.9 Å². The van der Waals surface area contributed by atoms with Gasteiger partial charge in [-0.1, -0.05) is 23.7 Å². The Hall–Kier alpha value is -2.62. The molecule has 0 bridgehead atoms. The number of hydrogen-bond acceptors (Lipinski definition) is 4. The highest BCUT2D eigenvalue weighted by Gasteiger charge is 2.36. The Morgan fingerprint density at radius 1 is 1.13 bits per heavy atom. The van der Waals surface area contributed by atoms with Crippen LogP contribution in [0, 0.1) is 0 Å². The predicted octanol–water partition coefficient (Wildman–Crippen LogP) is 3.29. The average Bonchev–Trinajstić information content (AvgIpc) is 2.91. The lowest BCUT2D eigenvalue weighted by Crippen LogP contribution is -2.48. The number of benzene rings is 2. The Bertz CT molecular complexity index is 1010. The first kappa shape index (κ1) is 22.1.